The molecule has 6 unspecified atom stereocenters. The van der Waals surface area contributed by atoms with E-state index in [4.69, 9.17) is 23.2 Å². The predicted octanol–water partition coefficient (Wildman–Crippen LogP) is 3.52. The third kappa shape index (κ3) is 8.51. The number of nitrogens with one attached hydrogen (secondary N) is 4. The first kappa shape index (κ1) is 38.1. The SMILES string of the molecule is CCCCC(NC(=O)C1C2C(CN1C(=O)C(CC(C)(C)C)NC(=O)NC1(C3CCCS3(=O)=O)CCCCC1)C2(Cl)Cl)C(=O)C(=O)NC1CC1. The van der Waals surface area contributed by atoms with Gasteiger partial charge in [-0.15, -0.1) is 23.2 Å². The maximum Gasteiger partial charge on any atom is 0.315 e. The van der Waals surface area contributed by atoms with Crippen molar-refractivity contribution < 1.29 is 32.4 Å². The van der Waals surface area contributed by atoms with Crippen molar-refractivity contribution in [3.8, 4) is 0 Å². The van der Waals surface area contributed by atoms with Gasteiger partial charge in [0.1, 0.15) is 16.4 Å². The predicted molar refractivity (Wildman–Crippen MR) is 187 cm³/mol. The molecule has 3 aliphatic carbocycles. The second-order valence-corrected chi connectivity index (χ2v) is 19.9. The molecule has 0 radical (unpaired) electrons. The van der Waals surface area contributed by atoms with Crippen molar-refractivity contribution in [1.29, 1.82) is 0 Å². The van der Waals surface area contributed by atoms with Crippen LogP contribution in [0.5, 0.6) is 0 Å². The molecule has 0 aromatic rings. The minimum Gasteiger partial charge on any atom is -0.347 e. The number of halogens is 2. The van der Waals surface area contributed by atoms with Gasteiger partial charge in [-0.25, -0.2) is 13.2 Å². The van der Waals surface area contributed by atoms with Crippen molar-refractivity contribution in [2.45, 2.75) is 150 Å². The molecular formula is C34H53Cl2N5O7S. The van der Waals surface area contributed by atoms with Crippen LogP contribution < -0.4 is 21.3 Å². The summed E-state index contributed by atoms with van der Waals surface area (Å²) in [5.74, 6) is -3.46. The minimum atomic E-state index is -3.37. The Morgan fingerprint density at radius 1 is 0.939 bits per heavy atom. The fourth-order valence-corrected chi connectivity index (χ4v) is 11.5. The van der Waals surface area contributed by atoms with E-state index in [1.54, 1.807) is 0 Å². The van der Waals surface area contributed by atoms with E-state index >= 15 is 0 Å². The molecule has 15 heteroatoms. The Kier molecular flexibility index (Phi) is 11.3. The number of hydrogen-bond donors (Lipinski definition) is 4. The van der Waals surface area contributed by atoms with Gasteiger partial charge >= 0.3 is 6.03 Å². The number of ketones is 1. The second-order valence-electron chi connectivity index (χ2n) is 16.2. The summed E-state index contributed by atoms with van der Waals surface area (Å²) in [6, 6.07) is -3.88. The average Bonchev–Trinajstić information content (AvgIpc) is 3.79. The number of piperidine rings is 1. The van der Waals surface area contributed by atoms with Crippen LogP contribution in [-0.4, -0.2) is 94.4 Å². The van der Waals surface area contributed by atoms with Gasteiger partial charge in [-0.05, 0) is 56.8 Å². The van der Waals surface area contributed by atoms with Crippen LogP contribution in [0.2, 0.25) is 0 Å². The third-order valence-electron chi connectivity index (χ3n) is 11.0. The van der Waals surface area contributed by atoms with E-state index in [0.717, 1.165) is 38.5 Å². The molecule has 5 amide bonds. The number of unbranched alkanes of at least 4 members (excludes halogenated alkanes) is 1. The normalized spacial score (nSPS) is 29.2. The van der Waals surface area contributed by atoms with E-state index in [1.807, 2.05) is 27.7 Å². The largest absolute Gasteiger partial charge is 0.347 e. The first-order valence-corrected chi connectivity index (χ1v) is 20.5. The molecular weight excluding hydrogens is 693 g/mol. The van der Waals surface area contributed by atoms with Gasteiger partial charge in [-0.2, -0.15) is 0 Å². The number of fused-ring (bicyclic) bond motifs is 1. The van der Waals surface area contributed by atoms with Gasteiger partial charge in [-0.3, -0.25) is 19.2 Å². The molecule has 12 nitrogen and oxygen atoms in total. The van der Waals surface area contributed by atoms with Crippen molar-refractivity contribution in [3.05, 3.63) is 0 Å². The molecule has 276 valence electrons. The number of amides is 5. The van der Waals surface area contributed by atoms with Gasteiger partial charge < -0.3 is 26.2 Å². The maximum atomic E-state index is 14.4. The monoisotopic (exact) mass is 745 g/mol. The minimum absolute atomic E-state index is 0.0257. The lowest BCUT2D eigenvalue weighted by Crippen LogP contribution is -2.64. The highest BCUT2D eigenvalue weighted by Crippen LogP contribution is 2.65. The first-order chi connectivity index (χ1) is 22.9. The summed E-state index contributed by atoms with van der Waals surface area (Å²) in [5, 5.41) is 10.7. The molecule has 3 saturated carbocycles. The molecule has 0 aromatic carbocycles. The van der Waals surface area contributed by atoms with Gasteiger partial charge in [0.15, 0.2) is 9.84 Å². The zero-order chi connectivity index (χ0) is 35.9. The number of urea groups is 1. The summed E-state index contributed by atoms with van der Waals surface area (Å²) in [5.41, 5.74) is -1.33. The molecule has 5 aliphatic rings. The number of hydrogen-bond acceptors (Lipinski definition) is 7. The number of nitrogens with zero attached hydrogens (tertiary/aromatic N) is 1. The Bertz CT molecular complexity index is 1420. The fourth-order valence-electron chi connectivity index (χ4n) is 8.26. The summed E-state index contributed by atoms with van der Waals surface area (Å²) in [6.45, 7) is 7.83. The van der Waals surface area contributed by atoms with Crippen LogP contribution in [0.25, 0.3) is 0 Å². The standard InChI is InChI=1S/C34H53Cl2N5O7S/c1-5-6-11-22(27(42)29(44)37-20-13-14-20)38-28(43)26-25-21(34(25,35)36)19-41(26)30(45)23(18-32(2,3)4)39-31(46)40-33(15-8-7-9-16-33)24-12-10-17-49(24,47)48/h20-26H,5-19H2,1-4H3,(H,37,44)(H,38,43)(H2,39,40,46). The molecule has 49 heavy (non-hydrogen) atoms. The molecule has 2 aliphatic heterocycles. The van der Waals surface area contributed by atoms with Crippen LogP contribution in [0.4, 0.5) is 4.79 Å². The van der Waals surface area contributed by atoms with E-state index in [2.05, 4.69) is 21.3 Å². The van der Waals surface area contributed by atoms with Gasteiger partial charge in [0.05, 0.1) is 22.6 Å². The average molecular weight is 747 g/mol. The third-order valence-corrected chi connectivity index (χ3v) is 14.4. The van der Waals surface area contributed by atoms with E-state index in [-0.39, 0.29) is 37.1 Å². The van der Waals surface area contributed by atoms with Crippen molar-refractivity contribution >= 4 is 62.6 Å². The Morgan fingerprint density at radius 3 is 2.18 bits per heavy atom. The van der Waals surface area contributed by atoms with E-state index < -0.39 is 84.0 Å². The lowest BCUT2D eigenvalue weighted by molar-refractivity contribution is -0.144. The van der Waals surface area contributed by atoms with Crippen LogP contribution in [0.1, 0.15) is 111 Å². The highest BCUT2D eigenvalue weighted by atomic mass is 35.5. The van der Waals surface area contributed by atoms with Gasteiger partial charge in [-0.1, -0.05) is 59.8 Å². The zero-order valence-electron chi connectivity index (χ0n) is 29.1. The molecule has 2 heterocycles. The number of carbonyl (C=O) groups is 5. The van der Waals surface area contributed by atoms with E-state index in [9.17, 15) is 32.4 Å². The van der Waals surface area contributed by atoms with Crippen molar-refractivity contribution in [2.24, 2.45) is 17.3 Å². The highest BCUT2D eigenvalue weighted by molar-refractivity contribution is 7.92. The lowest BCUT2D eigenvalue weighted by Gasteiger charge is -2.42. The van der Waals surface area contributed by atoms with E-state index in [0.29, 0.717) is 32.1 Å². The quantitative estimate of drug-likeness (QED) is 0.165. The number of rotatable bonds is 13. The summed E-state index contributed by atoms with van der Waals surface area (Å²) >= 11 is 13.2. The summed E-state index contributed by atoms with van der Waals surface area (Å²) in [6.07, 6.45) is 8.14. The van der Waals surface area contributed by atoms with Gasteiger partial charge in [0.2, 0.25) is 17.6 Å². The van der Waals surface area contributed by atoms with Crippen LogP contribution in [0, 0.1) is 17.3 Å². The first-order valence-electron chi connectivity index (χ1n) is 18.0. The second kappa shape index (κ2) is 14.5. The molecule has 4 N–H and O–H groups in total. The molecule has 2 saturated heterocycles. The fraction of sp³-hybridized carbons (Fsp3) is 0.853. The van der Waals surface area contributed by atoms with Crippen LogP contribution in [0.15, 0.2) is 0 Å². The van der Waals surface area contributed by atoms with Crippen molar-refractivity contribution in [3.63, 3.8) is 0 Å². The number of carbonyl (C=O) groups excluding carboxylic acids is 5. The number of Topliss-reactive ketones (excluding diaryl/α,β-unsaturated/α-hetero) is 1. The molecule has 0 aromatic heterocycles. The smallest absolute Gasteiger partial charge is 0.315 e. The van der Waals surface area contributed by atoms with Gasteiger partial charge in [0, 0.05) is 24.4 Å². The Labute approximate surface area is 300 Å². The number of sulfone groups is 1. The molecule has 0 bridgehead atoms. The molecule has 5 fully saturated rings. The van der Waals surface area contributed by atoms with Gasteiger partial charge in [0.25, 0.3) is 5.91 Å². The van der Waals surface area contributed by atoms with Crippen LogP contribution in [-0.2, 0) is 29.0 Å². The van der Waals surface area contributed by atoms with E-state index in [1.165, 1.54) is 4.90 Å². The lowest BCUT2D eigenvalue weighted by atomic mass is 9.78. The van der Waals surface area contributed by atoms with Crippen LogP contribution in [0.3, 0.4) is 0 Å². The summed E-state index contributed by atoms with van der Waals surface area (Å²) < 4.78 is 24.9. The number of alkyl halides is 2. The van der Waals surface area contributed by atoms with Crippen LogP contribution >= 0.6 is 23.2 Å². The molecule has 6 atom stereocenters. The summed E-state index contributed by atoms with van der Waals surface area (Å²) in [4.78, 5) is 69.4. The molecule has 5 rings (SSSR count). The van der Waals surface area contributed by atoms with Crippen molar-refractivity contribution in [1.82, 2.24) is 26.2 Å². The van der Waals surface area contributed by atoms with Crippen molar-refractivity contribution in [2.75, 3.05) is 12.3 Å². The Balaban J connectivity index is 1.35. The zero-order valence-corrected chi connectivity index (χ0v) is 31.4. The topological polar surface area (TPSA) is 171 Å². The molecule has 0 spiro atoms. The highest BCUT2D eigenvalue weighted by Gasteiger charge is 2.74. The Morgan fingerprint density at radius 2 is 1.61 bits per heavy atom. The summed E-state index contributed by atoms with van der Waals surface area (Å²) in [7, 11) is -3.37. The Hall–Kier alpha value is -2.12. The maximum absolute atomic E-state index is 14.4. The number of likely N-dealkylation sites (tertiary alicyclic amines) is 1.